The fourth-order valence-corrected chi connectivity index (χ4v) is 6.40. The molecule has 38 heavy (non-hydrogen) atoms. The number of aliphatic carboxylic acids is 1. The van der Waals surface area contributed by atoms with Gasteiger partial charge in [0.05, 0.1) is 18.3 Å². The van der Waals surface area contributed by atoms with Gasteiger partial charge in [0.1, 0.15) is 17.5 Å². The molecule has 1 unspecified atom stereocenters. The average Bonchev–Trinajstić information content (AvgIpc) is 3.59. The number of carboxylic acid groups (broad SMARTS) is 1. The van der Waals surface area contributed by atoms with Crippen molar-refractivity contribution in [2.45, 2.75) is 56.4 Å². The highest BCUT2D eigenvalue weighted by Gasteiger charge is 2.53. The summed E-state index contributed by atoms with van der Waals surface area (Å²) in [7, 11) is 0. The highest BCUT2D eigenvalue weighted by Crippen LogP contribution is 2.40. The number of nitrogen functional groups attached to an aromatic ring is 1. The first kappa shape index (κ1) is 26.1. The molecule has 200 valence electrons. The molecule has 1 aliphatic carbocycles. The predicted octanol–water partition coefficient (Wildman–Crippen LogP) is -1.33. The van der Waals surface area contributed by atoms with Gasteiger partial charge in [0, 0.05) is 34.5 Å². The number of carboxylic acids is 1. The number of nitrogens with zero attached hydrogens (tertiary/aromatic N) is 5. The minimum absolute atomic E-state index is 0.0114. The molecule has 2 aromatic heterocycles. The van der Waals surface area contributed by atoms with Crippen LogP contribution in [0.1, 0.15) is 37.1 Å². The van der Waals surface area contributed by atoms with E-state index in [0.29, 0.717) is 16.9 Å². The molecule has 5 rings (SSSR count). The Kier molecular flexibility index (Phi) is 7.58. The van der Waals surface area contributed by atoms with E-state index in [1.807, 2.05) is 0 Å². The number of anilines is 1. The average molecular weight is 560 g/mol. The molecule has 15 heteroatoms. The van der Waals surface area contributed by atoms with Crippen LogP contribution in [0.15, 0.2) is 41.0 Å². The summed E-state index contributed by atoms with van der Waals surface area (Å²) in [6.07, 6.45) is 6.99. The van der Waals surface area contributed by atoms with Gasteiger partial charge in [0.15, 0.2) is 24.1 Å². The van der Waals surface area contributed by atoms with Crippen molar-refractivity contribution in [3.63, 3.8) is 0 Å². The van der Waals surface area contributed by atoms with E-state index in [9.17, 15) is 24.6 Å². The Morgan fingerprint density at radius 2 is 2.16 bits per heavy atom. The van der Waals surface area contributed by atoms with Crippen molar-refractivity contribution < 1.29 is 34.0 Å². The summed E-state index contributed by atoms with van der Waals surface area (Å²) in [5, 5.41) is 27.6. The van der Waals surface area contributed by atoms with Crippen LogP contribution in [0.2, 0.25) is 0 Å². The largest absolute Gasteiger partial charge is 0.543 e. The van der Waals surface area contributed by atoms with Gasteiger partial charge >= 0.3 is 0 Å². The van der Waals surface area contributed by atoms with E-state index in [4.69, 9.17) is 10.6 Å². The summed E-state index contributed by atoms with van der Waals surface area (Å²) < 4.78 is 5.78. The maximum atomic E-state index is 13.2. The maximum absolute atomic E-state index is 13.2. The normalized spacial score (nSPS) is 21.8. The van der Waals surface area contributed by atoms with Crippen molar-refractivity contribution in [1.82, 2.24) is 19.6 Å². The second-order valence-corrected chi connectivity index (χ2v) is 10.9. The lowest BCUT2D eigenvalue weighted by Crippen LogP contribution is -2.71. The number of aliphatic hydroxyl groups is 1. The molecule has 0 aromatic carbocycles. The minimum atomic E-state index is -1.48. The van der Waals surface area contributed by atoms with Gasteiger partial charge in [0.25, 0.3) is 11.8 Å². The number of nitrogens with one attached hydrogen (secondary N) is 1. The van der Waals surface area contributed by atoms with Crippen LogP contribution < -0.4 is 20.7 Å². The zero-order valence-electron chi connectivity index (χ0n) is 20.1. The third-order valence-electron chi connectivity index (χ3n) is 6.47. The predicted molar refractivity (Wildman–Crippen MR) is 134 cm³/mol. The van der Waals surface area contributed by atoms with E-state index in [-0.39, 0.29) is 41.6 Å². The summed E-state index contributed by atoms with van der Waals surface area (Å²) in [5.74, 6) is -2.49. The molecule has 2 aliphatic heterocycles. The lowest BCUT2D eigenvalue weighted by Gasteiger charge is -2.50. The number of oxime groups is 1. The van der Waals surface area contributed by atoms with Crippen LogP contribution >= 0.6 is 23.3 Å². The number of thioether (sulfide) groups is 1. The molecule has 2 fully saturated rings. The number of carbonyl (C=O) groups excluding carboxylic acids is 3. The van der Waals surface area contributed by atoms with Crippen molar-refractivity contribution >= 4 is 51.9 Å². The highest BCUT2D eigenvalue weighted by atomic mass is 32.2. The lowest BCUT2D eigenvalue weighted by atomic mass is 10.0. The first-order valence-electron chi connectivity index (χ1n) is 12.0. The lowest BCUT2D eigenvalue weighted by molar-refractivity contribution is -0.689. The third kappa shape index (κ3) is 5.21. The van der Waals surface area contributed by atoms with Crippen molar-refractivity contribution in [3.8, 4) is 0 Å². The Labute approximate surface area is 225 Å². The molecule has 0 spiro atoms. The molecular weight excluding hydrogens is 534 g/mol. The molecule has 13 nitrogen and oxygen atoms in total. The van der Waals surface area contributed by atoms with Gasteiger partial charge in [-0.05, 0) is 31.7 Å². The number of pyridine rings is 1. The Bertz CT molecular complexity index is 1320. The van der Waals surface area contributed by atoms with Gasteiger partial charge < -0.3 is 30.9 Å². The van der Waals surface area contributed by atoms with Gasteiger partial charge in [-0.3, -0.25) is 14.5 Å². The zero-order chi connectivity index (χ0) is 26.8. The Morgan fingerprint density at radius 3 is 2.84 bits per heavy atom. The number of hydrogen-bond acceptors (Lipinski definition) is 12. The SMILES string of the molecule is Nc1nc(/C(=N/OC2CCCC2)C(=O)NC2C(=O)N3C(C(=O)[O-])=C(C[n+]4cccc(CO)c4)CS[C@H]23)ns1. The number of amides is 2. The van der Waals surface area contributed by atoms with Gasteiger partial charge in [-0.1, -0.05) is 5.16 Å². The molecule has 1 saturated heterocycles. The van der Waals surface area contributed by atoms with Crippen LogP contribution in [-0.4, -0.2) is 66.1 Å². The molecule has 4 N–H and O–H groups in total. The number of rotatable bonds is 9. The molecule has 2 aromatic rings. The first-order chi connectivity index (χ1) is 18.4. The molecule has 3 aliphatic rings. The molecule has 1 saturated carbocycles. The summed E-state index contributed by atoms with van der Waals surface area (Å²) in [4.78, 5) is 49.1. The van der Waals surface area contributed by atoms with Crippen LogP contribution in [0.25, 0.3) is 0 Å². The number of carbonyl (C=O) groups is 3. The van der Waals surface area contributed by atoms with E-state index >= 15 is 0 Å². The topological polar surface area (TPSA) is 187 Å². The zero-order valence-corrected chi connectivity index (χ0v) is 21.7. The van der Waals surface area contributed by atoms with Crippen molar-refractivity contribution in [2.24, 2.45) is 5.16 Å². The number of nitrogens with two attached hydrogens (primary N) is 1. The van der Waals surface area contributed by atoms with Gasteiger partial charge in [-0.25, -0.2) is 4.57 Å². The van der Waals surface area contributed by atoms with Crippen molar-refractivity contribution in [2.75, 3.05) is 11.5 Å². The quantitative estimate of drug-likeness (QED) is 0.144. The number of hydrogen-bond donors (Lipinski definition) is 3. The van der Waals surface area contributed by atoms with Gasteiger partial charge in [-0.2, -0.15) is 9.36 Å². The van der Waals surface area contributed by atoms with Crippen LogP contribution in [0.5, 0.6) is 0 Å². The Balaban J connectivity index is 1.33. The fraction of sp³-hybridized carbons (Fsp3) is 0.435. The van der Waals surface area contributed by atoms with Crippen LogP contribution in [0, 0.1) is 0 Å². The molecule has 0 radical (unpaired) electrons. The fourth-order valence-electron chi connectivity index (χ4n) is 4.63. The Morgan fingerprint density at radius 1 is 1.37 bits per heavy atom. The van der Waals surface area contributed by atoms with Crippen LogP contribution in [-0.2, 0) is 32.4 Å². The minimum Gasteiger partial charge on any atom is -0.543 e. The van der Waals surface area contributed by atoms with Crippen LogP contribution in [0.3, 0.4) is 0 Å². The number of aromatic nitrogens is 3. The van der Waals surface area contributed by atoms with Crippen LogP contribution in [0.4, 0.5) is 5.13 Å². The standard InChI is InChI=1S/C23H25N7O6S2/c24-23-26-18(28-38-23)15(27-36-14-5-1-2-6-14)19(32)25-16-20(33)30-17(22(34)35)13(11-37-21(16)30)9-29-7-3-4-12(8-29)10-31/h3-4,7-8,14,16,21,31H,1-2,5-6,9-11H2,(H3-,24,25,26,28,32,34,35)/b27-15-/t16?,21-/m1/s1. The van der Waals surface area contributed by atoms with Crippen molar-refractivity contribution in [3.05, 3.63) is 47.2 Å². The summed E-state index contributed by atoms with van der Waals surface area (Å²) >= 11 is 2.23. The smallest absolute Gasteiger partial charge is 0.278 e. The number of fused-ring (bicyclic) bond motifs is 1. The highest BCUT2D eigenvalue weighted by molar-refractivity contribution is 8.00. The van der Waals surface area contributed by atoms with E-state index in [1.54, 1.807) is 29.1 Å². The van der Waals surface area contributed by atoms with Crippen molar-refractivity contribution in [1.29, 1.82) is 0 Å². The molecule has 2 atom stereocenters. The van der Waals surface area contributed by atoms with Gasteiger partial charge in [-0.15, -0.1) is 11.8 Å². The van der Waals surface area contributed by atoms with E-state index in [1.165, 1.54) is 11.8 Å². The van der Waals surface area contributed by atoms with E-state index in [0.717, 1.165) is 42.1 Å². The second kappa shape index (κ2) is 11.0. The number of aliphatic hydroxyl groups excluding tert-OH is 1. The van der Waals surface area contributed by atoms with E-state index in [2.05, 4.69) is 19.8 Å². The summed E-state index contributed by atoms with van der Waals surface area (Å²) in [5.41, 5.74) is 6.42. The molecule has 2 amide bonds. The van der Waals surface area contributed by atoms with Gasteiger partial charge in [0.2, 0.25) is 11.5 Å². The van der Waals surface area contributed by atoms with E-state index < -0.39 is 29.2 Å². The monoisotopic (exact) mass is 559 g/mol. The molecule has 4 heterocycles. The molecule has 0 bridgehead atoms. The summed E-state index contributed by atoms with van der Waals surface area (Å²) in [6.45, 7) is 0.0416. The molecular formula is C23H25N7O6S2. The maximum Gasteiger partial charge on any atom is 0.278 e. The second-order valence-electron chi connectivity index (χ2n) is 9.05. The third-order valence-corrected chi connectivity index (χ3v) is 8.35. The number of β-lactam (4-membered cyclic amide) rings is 1. The first-order valence-corrected chi connectivity index (χ1v) is 13.8. The Hall–Kier alpha value is -3.56. The summed E-state index contributed by atoms with van der Waals surface area (Å²) in [6, 6.07) is 2.50.